The first-order valence-corrected chi connectivity index (χ1v) is 6.46. The van der Waals surface area contributed by atoms with E-state index < -0.39 is 7.12 Å². The lowest BCUT2D eigenvalue weighted by Crippen LogP contribution is -2.40. The maximum atomic E-state index is 9.10. The molecule has 0 unspecified atom stereocenters. The summed E-state index contributed by atoms with van der Waals surface area (Å²) in [5.41, 5.74) is 0.462. The topological polar surface area (TPSA) is 52.9 Å². The summed E-state index contributed by atoms with van der Waals surface area (Å²) in [6, 6.07) is 7.42. The third-order valence-electron chi connectivity index (χ3n) is 3.52. The highest BCUT2D eigenvalue weighted by Crippen LogP contribution is 2.16. The van der Waals surface area contributed by atoms with Crippen molar-refractivity contribution in [2.45, 2.75) is 25.3 Å². The summed E-state index contributed by atoms with van der Waals surface area (Å²) in [7, 11) is 0.687. The van der Waals surface area contributed by atoms with Gasteiger partial charge in [-0.3, -0.25) is 0 Å². The van der Waals surface area contributed by atoms with Gasteiger partial charge in [-0.25, -0.2) is 0 Å². The molecular weight excluding hydrogens is 229 g/mol. The van der Waals surface area contributed by atoms with E-state index in [0.29, 0.717) is 23.9 Å². The normalized spacial score (nSPS) is 20.7. The molecule has 1 aliphatic rings. The van der Waals surface area contributed by atoms with Gasteiger partial charge in [-0.05, 0) is 44.0 Å². The molecule has 5 heteroatoms. The van der Waals surface area contributed by atoms with Crippen molar-refractivity contribution in [2.24, 2.45) is 0 Å². The van der Waals surface area contributed by atoms with E-state index in [1.165, 1.54) is 19.3 Å². The van der Waals surface area contributed by atoms with Crippen LogP contribution in [0.2, 0.25) is 0 Å². The zero-order valence-electron chi connectivity index (χ0n) is 10.7. The Morgan fingerprint density at radius 2 is 2.22 bits per heavy atom. The van der Waals surface area contributed by atoms with Crippen LogP contribution in [0.4, 0.5) is 0 Å². The van der Waals surface area contributed by atoms with Gasteiger partial charge in [0.15, 0.2) is 0 Å². The highest BCUT2D eigenvalue weighted by molar-refractivity contribution is 6.58. The Balaban J connectivity index is 1.91. The fourth-order valence-electron chi connectivity index (χ4n) is 2.31. The lowest BCUT2D eigenvalue weighted by molar-refractivity contribution is 0.125. The summed E-state index contributed by atoms with van der Waals surface area (Å²) in [6.45, 7) is 1.78. The summed E-state index contributed by atoms with van der Waals surface area (Å²) in [5.74, 6) is 0.694. The number of piperidine rings is 1. The Morgan fingerprint density at radius 3 is 2.94 bits per heavy atom. The van der Waals surface area contributed by atoms with Crippen molar-refractivity contribution in [2.75, 3.05) is 20.2 Å². The van der Waals surface area contributed by atoms with Gasteiger partial charge in [-0.15, -0.1) is 0 Å². The molecule has 0 saturated carbocycles. The fraction of sp³-hybridized carbons (Fsp3) is 0.538. The molecule has 18 heavy (non-hydrogen) atoms. The number of rotatable bonds is 4. The van der Waals surface area contributed by atoms with Crippen molar-refractivity contribution in [3.63, 3.8) is 0 Å². The van der Waals surface area contributed by atoms with E-state index >= 15 is 0 Å². The van der Waals surface area contributed by atoms with Gasteiger partial charge in [-0.1, -0.05) is 18.6 Å². The largest absolute Gasteiger partial charge is 0.492 e. The molecule has 0 spiro atoms. The van der Waals surface area contributed by atoms with Crippen LogP contribution in [0, 0.1) is 0 Å². The van der Waals surface area contributed by atoms with Crippen LogP contribution in [0.1, 0.15) is 19.3 Å². The summed E-state index contributed by atoms with van der Waals surface area (Å²) >= 11 is 0. The molecular formula is C13H20BNO3. The van der Waals surface area contributed by atoms with E-state index in [9.17, 15) is 0 Å². The minimum absolute atomic E-state index is 0.460. The van der Waals surface area contributed by atoms with Gasteiger partial charge in [0.05, 0.1) is 0 Å². The molecule has 1 aromatic rings. The number of ether oxygens (including phenoxy) is 1. The van der Waals surface area contributed by atoms with E-state index in [-0.39, 0.29) is 0 Å². The molecule has 1 fully saturated rings. The van der Waals surface area contributed by atoms with E-state index in [0.717, 1.165) is 6.54 Å². The summed E-state index contributed by atoms with van der Waals surface area (Å²) in [5, 5.41) is 18.2. The molecule has 0 amide bonds. The van der Waals surface area contributed by atoms with Crippen molar-refractivity contribution in [1.29, 1.82) is 0 Å². The first kappa shape index (κ1) is 13.4. The van der Waals surface area contributed by atoms with Gasteiger partial charge in [0, 0.05) is 6.04 Å². The van der Waals surface area contributed by atoms with Gasteiger partial charge >= 0.3 is 7.12 Å². The van der Waals surface area contributed by atoms with Gasteiger partial charge in [-0.2, -0.15) is 0 Å². The van der Waals surface area contributed by atoms with Crippen molar-refractivity contribution in [1.82, 2.24) is 4.90 Å². The summed E-state index contributed by atoms with van der Waals surface area (Å²) in [4.78, 5) is 2.33. The molecule has 1 saturated heterocycles. The van der Waals surface area contributed by atoms with Crippen molar-refractivity contribution in [3.8, 4) is 5.75 Å². The molecule has 2 N–H and O–H groups in total. The Morgan fingerprint density at radius 1 is 1.39 bits per heavy atom. The van der Waals surface area contributed by atoms with Crippen molar-refractivity contribution < 1.29 is 14.8 Å². The second-order valence-electron chi connectivity index (χ2n) is 4.89. The molecule has 1 heterocycles. The minimum Gasteiger partial charge on any atom is -0.492 e. The van der Waals surface area contributed by atoms with Crippen LogP contribution in [0.3, 0.4) is 0 Å². The van der Waals surface area contributed by atoms with Crippen LogP contribution < -0.4 is 10.2 Å². The van der Waals surface area contributed by atoms with Crippen molar-refractivity contribution >= 4 is 12.6 Å². The third-order valence-corrected chi connectivity index (χ3v) is 3.52. The molecule has 0 aliphatic carbocycles. The Hall–Kier alpha value is -1.04. The van der Waals surface area contributed by atoms with E-state index in [1.54, 1.807) is 18.2 Å². The molecule has 0 radical (unpaired) electrons. The van der Waals surface area contributed by atoms with E-state index in [2.05, 4.69) is 11.9 Å². The summed E-state index contributed by atoms with van der Waals surface area (Å²) < 4.78 is 5.74. The van der Waals surface area contributed by atoms with Gasteiger partial charge in [0.1, 0.15) is 12.4 Å². The lowest BCUT2D eigenvalue weighted by atomic mass is 9.80. The minimum atomic E-state index is -1.44. The molecule has 1 aliphatic heterocycles. The number of likely N-dealkylation sites (tertiary alicyclic amines) is 1. The second kappa shape index (κ2) is 6.23. The van der Waals surface area contributed by atoms with Gasteiger partial charge in [0.2, 0.25) is 0 Å². The van der Waals surface area contributed by atoms with E-state index in [4.69, 9.17) is 14.8 Å². The molecule has 0 aromatic heterocycles. The standard InChI is InChI=1S/C13H20BNO3/c1-15-8-3-2-6-12(15)10-18-13-7-4-5-11(9-13)14(16)17/h4-5,7,9,12,16-17H,2-3,6,8,10H2,1H3/t12-/m1/s1. The van der Waals surface area contributed by atoms with Crippen LogP contribution in [0.25, 0.3) is 0 Å². The first-order chi connectivity index (χ1) is 8.66. The highest BCUT2D eigenvalue weighted by Gasteiger charge is 2.19. The first-order valence-electron chi connectivity index (χ1n) is 6.46. The van der Waals surface area contributed by atoms with Crippen LogP contribution in [-0.4, -0.2) is 48.3 Å². The predicted octanol–water partition coefficient (Wildman–Crippen LogP) is 0.230. The average Bonchev–Trinajstić information content (AvgIpc) is 2.38. The molecule has 0 bridgehead atoms. The molecule has 1 aromatic carbocycles. The maximum absolute atomic E-state index is 9.10. The quantitative estimate of drug-likeness (QED) is 0.750. The average molecular weight is 249 g/mol. The Kier molecular flexibility index (Phi) is 4.63. The second-order valence-corrected chi connectivity index (χ2v) is 4.89. The van der Waals surface area contributed by atoms with E-state index in [1.807, 2.05) is 6.07 Å². The van der Waals surface area contributed by atoms with Crippen LogP contribution >= 0.6 is 0 Å². The molecule has 98 valence electrons. The van der Waals surface area contributed by atoms with Crippen molar-refractivity contribution in [3.05, 3.63) is 24.3 Å². The Labute approximate surface area is 108 Å². The van der Waals surface area contributed by atoms with Crippen LogP contribution in [-0.2, 0) is 0 Å². The number of hydrogen-bond donors (Lipinski definition) is 2. The fourth-order valence-corrected chi connectivity index (χ4v) is 2.31. The van der Waals surface area contributed by atoms with Crippen LogP contribution in [0.5, 0.6) is 5.75 Å². The number of nitrogens with zero attached hydrogens (tertiary/aromatic N) is 1. The number of likely N-dealkylation sites (N-methyl/N-ethyl adjacent to an activating group) is 1. The Bertz CT molecular complexity index is 386. The molecule has 4 nitrogen and oxygen atoms in total. The smallest absolute Gasteiger partial charge is 0.488 e. The molecule has 1 atom stereocenters. The summed E-state index contributed by atoms with van der Waals surface area (Å²) in [6.07, 6.45) is 3.69. The van der Waals surface area contributed by atoms with Gasteiger partial charge < -0.3 is 19.7 Å². The SMILES string of the molecule is CN1CCCC[C@@H]1COc1cccc(B(O)O)c1. The predicted molar refractivity (Wildman–Crippen MR) is 72.0 cm³/mol. The number of benzene rings is 1. The zero-order valence-corrected chi connectivity index (χ0v) is 10.7. The van der Waals surface area contributed by atoms with Gasteiger partial charge in [0.25, 0.3) is 0 Å². The zero-order chi connectivity index (χ0) is 13.0. The lowest BCUT2D eigenvalue weighted by Gasteiger charge is -2.32. The maximum Gasteiger partial charge on any atom is 0.488 e. The highest BCUT2D eigenvalue weighted by atomic mass is 16.5. The monoisotopic (exact) mass is 249 g/mol. The number of hydrogen-bond acceptors (Lipinski definition) is 4. The molecule has 2 rings (SSSR count). The van der Waals surface area contributed by atoms with Crippen LogP contribution in [0.15, 0.2) is 24.3 Å². The third kappa shape index (κ3) is 3.48.